The Morgan fingerprint density at radius 3 is 2.41 bits per heavy atom. The van der Waals surface area contributed by atoms with Crippen LogP contribution in [0.5, 0.6) is 5.88 Å². The molecule has 0 aliphatic heterocycles. The number of hydrogen-bond acceptors (Lipinski definition) is 6. The molecule has 0 aliphatic rings. The molecule has 8 heteroatoms. The zero-order valence-electron chi connectivity index (χ0n) is 15.4. The number of nitrogens with zero attached hydrogens (tertiary/aromatic N) is 2. The van der Waals surface area contributed by atoms with Gasteiger partial charge in [0.1, 0.15) is 10.5 Å². The highest BCUT2D eigenvalue weighted by Gasteiger charge is 2.20. The number of carbonyl (C=O) groups excluding carboxylic acids is 2. The number of rotatable bonds is 5. The summed E-state index contributed by atoms with van der Waals surface area (Å²) in [6.45, 7) is 0. The summed E-state index contributed by atoms with van der Waals surface area (Å²) in [7, 11) is 1.52. The maximum atomic E-state index is 11.9. The molecule has 0 saturated heterocycles. The number of primary amides is 2. The summed E-state index contributed by atoms with van der Waals surface area (Å²) in [5, 5.41) is 0.514. The molecule has 0 spiro atoms. The van der Waals surface area contributed by atoms with E-state index < -0.39 is 11.8 Å². The highest BCUT2D eigenvalue weighted by Crippen LogP contribution is 2.40. The molecular weight excluding hydrogens is 388 g/mol. The molecule has 4 aromatic rings. The first kappa shape index (κ1) is 18.6. The SMILES string of the molecule is COc1ncc(-c2ccccc2)c2sc(-c3cc(C(N)=O)ccc3C(N)=O)nc12. The topological polar surface area (TPSA) is 121 Å². The second kappa shape index (κ2) is 7.33. The minimum absolute atomic E-state index is 0.252. The molecular formula is C21H16N4O3S. The summed E-state index contributed by atoms with van der Waals surface area (Å²) in [5.74, 6) is -0.856. The Bertz CT molecular complexity index is 1250. The van der Waals surface area contributed by atoms with Gasteiger partial charge in [-0.1, -0.05) is 30.3 Å². The number of pyridine rings is 1. The van der Waals surface area contributed by atoms with Gasteiger partial charge in [0.2, 0.25) is 17.7 Å². The minimum atomic E-state index is -0.622. The predicted octanol–water partition coefficient (Wildman–Crippen LogP) is 3.23. The first-order valence-electron chi connectivity index (χ1n) is 8.62. The smallest absolute Gasteiger partial charge is 0.249 e. The van der Waals surface area contributed by atoms with Gasteiger partial charge in [0.05, 0.1) is 11.8 Å². The van der Waals surface area contributed by atoms with Crippen molar-refractivity contribution in [3.63, 3.8) is 0 Å². The normalized spacial score (nSPS) is 10.8. The van der Waals surface area contributed by atoms with Crippen LogP contribution in [0.3, 0.4) is 0 Å². The van der Waals surface area contributed by atoms with Crippen molar-refractivity contribution in [1.82, 2.24) is 9.97 Å². The number of fused-ring (bicyclic) bond motifs is 1. The van der Waals surface area contributed by atoms with E-state index in [1.165, 1.54) is 36.6 Å². The van der Waals surface area contributed by atoms with Crippen molar-refractivity contribution < 1.29 is 14.3 Å². The summed E-state index contributed by atoms with van der Waals surface area (Å²) in [6.07, 6.45) is 1.73. The van der Waals surface area contributed by atoms with Crippen LogP contribution in [0, 0.1) is 0 Å². The van der Waals surface area contributed by atoms with E-state index in [4.69, 9.17) is 16.2 Å². The van der Waals surface area contributed by atoms with Gasteiger partial charge >= 0.3 is 0 Å². The van der Waals surface area contributed by atoms with Crippen LogP contribution in [-0.2, 0) is 0 Å². The molecule has 29 heavy (non-hydrogen) atoms. The molecule has 0 fully saturated rings. The largest absolute Gasteiger partial charge is 0.479 e. The molecule has 2 aromatic heterocycles. The van der Waals surface area contributed by atoms with E-state index in [0.717, 1.165) is 15.8 Å². The number of nitrogens with two attached hydrogens (primary N) is 2. The molecule has 0 radical (unpaired) electrons. The Labute approximate surface area is 170 Å². The Morgan fingerprint density at radius 2 is 1.76 bits per heavy atom. The van der Waals surface area contributed by atoms with Crippen molar-refractivity contribution in [2.75, 3.05) is 7.11 Å². The Kier molecular flexibility index (Phi) is 4.69. The quantitative estimate of drug-likeness (QED) is 0.529. The van der Waals surface area contributed by atoms with Gasteiger partial charge in [0.25, 0.3) is 0 Å². The van der Waals surface area contributed by atoms with Crippen LogP contribution in [0.25, 0.3) is 31.9 Å². The highest BCUT2D eigenvalue weighted by molar-refractivity contribution is 7.22. The molecule has 4 N–H and O–H groups in total. The lowest BCUT2D eigenvalue weighted by Gasteiger charge is -2.05. The fourth-order valence-corrected chi connectivity index (χ4v) is 4.19. The fraction of sp³-hybridized carbons (Fsp3) is 0.0476. The van der Waals surface area contributed by atoms with E-state index in [9.17, 15) is 9.59 Å². The Morgan fingerprint density at radius 1 is 1.00 bits per heavy atom. The second-order valence-electron chi connectivity index (χ2n) is 6.23. The van der Waals surface area contributed by atoms with E-state index in [-0.39, 0.29) is 11.1 Å². The average Bonchev–Trinajstić information content (AvgIpc) is 3.18. The lowest BCUT2D eigenvalue weighted by Crippen LogP contribution is -2.15. The predicted molar refractivity (Wildman–Crippen MR) is 112 cm³/mol. The maximum Gasteiger partial charge on any atom is 0.249 e. The number of amides is 2. The van der Waals surface area contributed by atoms with Gasteiger partial charge in [-0.05, 0) is 23.8 Å². The van der Waals surface area contributed by atoms with Crippen molar-refractivity contribution in [3.8, 4) is 27.6 Å². The van der Waals surface area contributed by atoms with Crippen LogP contribution in [0.2, 0.25) is 0 Å². The van der Waals surface area contributed by atoms with Crippen LogP contribution in [0.4, 0.5) is 0 Å². The van der Waals surface area contributed by atoms with Crippen molar-refractivity contribution in [2.45, 2.75) is 0 Å². The average molecular weight is 404 g/mol. The number of hydrogen-bond donors (Lipinski definition) is 2. The lowest BCUT2D eigenvalue weighted by molar-refractivity contribution is 0.0989. The molecule has 0 unspecified atom stereocenters. The third kappa shape index (κ3) is 3.30. The number of aromatic nitrogens is 2. The van der Waals surface area contributed by atoms with Crippen LogP contribution in [-0.4, -0.2) is 28.9 Å². The number of ether oxygens (including phenoxy) is 1. The van der Waals surface area contributed by atoms with Crippen LogP contribution in [0.15, 0.2) is 54.7 Å². The van der Waals surface area contributed by atoms with Crippen LogP contribution < -0.4 is 16.2 Å². The molecule has 2 heterocycles. The van der Waals surface area contributed by atoms with Crippen LogP contribution in [0.1, 0.15) is 20.7 Å². The lowest BCUT2D eigenvalue weighted by atomic mass is 10.0. The van der Waals surface area contributed by atoms with E-state index in [0.29, 0.717) is 22.0 Å². The molecule has 2 amide bonds. The van der Waals surface area contributed by atoms with Gasteiger partial charge < -0.3 is 16.2 Å². The summed E-state index contributed by atoms with van der Waals surface area (Å²) in [4.78, 5) is 32.6. The fourth-order valence-electron chi connectivity index (χ4n) is 3.07. The second-order valence-corrected chi connectivity index (χ2v) is 7.23. The van der Waals surface area contributed by atoms with Crippen molar-refractivity contribution in [1.29, 1.82) is 0 Å². The molecule has 2 aromatic carbocycles. The number of benzene rings is 2. The summed E-state index contributed by atoms with van der Waals surface area (Å²) in [6, 6.07) is 14.3. The molecule has 0 aliphatic carbocycles. The third-order valence-electron chi connectivity index (χ3n) is 4.46. The molecule has 0 atom stereocenters. The molecule has 144 valence electrons. The summed E-state index contributed by atoms with van der Waals surface area (Å²) < 4.78 is 6.22. The van der Waals surface area contributed by atoms with Gasteiger partial charge in [-0.3, -0.25) is 9.59 Å². The minimum Gasteiger partial charge on any atom is -0.479 e. The first-order chi connectivity index (χ1) is 14.0. The number of carbonyl (C=O) groups is 2. The monoisotopic (exact) mass is 404 g/mol. The van der Waals surface area contributed by atoms with E-state index in [2.05, 4.69) is 9.97 Å². The van der Waals surface area contributed by atoms with Gasteiger partial charge in [-0.25, -0.2) is 9.97 Å². The molecule has 0 saturated carbocycles. The molecule has 4 rings (SSSR count). The summed E-state index contributed by atoms with van der Waals surface area (Å²) in [5.41, 5.74) is 14.3. The van der Waals surface area contributed by atoms with E-state index in [1.807, 2.05) is 30.3 Å². The molecule has 0 bridgehead atoms. The van der Waals surface area contributed by atoms with Gasteiger partial charge in [-0.15, -0.1) is 11.3 Å². The number of thiazole rings is 1. The van der Waals surface area contributed by atoms with Crippen LogP contribution >= 0.6 is 11.3 Å². The van der Waals surface area contributed by atoms with Gasteiger partial charge in [-0.2, -0.15) is 0 Å². The first-order valence-corrected chi connectivity index (χ1v) is 9.44. The highest BCUT2D eigenvalue weighted by atomic mass is 32.1. The zero-order chi connectivity index (χ0) is 20.5. The van der Waals surface area contributed by atoms with Gasteiger partial charge in [0, 0.05) is 28.5 Å². The van der Waals surface area contributed by atoms with Crippen molar-refractivity contribution in [3.05, 3.63) is 65.9 Å². The number of methoxy groups -OCH3 is 1. The summed E-state index contributed by atoms with van der Waals surface area (Å²) >= 11 is 1.36. The van der Waals surface area contributed by atoms with E-state index >= 15 is 0 Å². The van der Waals surface area contributed by atoms with E-state index in [1.54, 1.807) is 6.20 Å². The Hall–Kier alpha value is -3.78. The molecule has 7 nitrogen and oxygen atoms in total. The Balaban J connectivity index is 2.00. The third-order valence-corrected chi connectivity index (χ3v) is 5.59. The zero-order valence-corrected chi connectivity index (χ0v) is 16.2. The van der Waals surface area contributed by atoms with Gasteiger partial charge in [0.15, 0.2) is 0 Å². The standard InChI is InChI=1S/C21H16N4O3S/c1-28-20-16-17(15(10-24-20)11-5-3-2-4-6-11)29-21(25-16)14-9-12(18(22)26)7-8-13(14)19(23)27/h2-10H,1H3,(H2,22,26)(H2,23,27). The van der Waals surface area contributed by atoms with Crippen molar-refractivity contribution in [2.24, 2.45) is 11.5 Å². The van der Waals surface area contributed by atoms with Crippen molar-refractivity contribution >= 4 is 33.4 Å². The maximum absolute atomic E-state index is 11.9.